The topological polar surface area (TPSA) is 79.5 Å². The van der Waals surface area contributed by atoms with E-state index in [2.05, 4.69) is 22.0 Å². The lowest BCUT2D eigenvalue weighted by Gasteiger charge is -2.24. The second-order valence-electron chi connectivity index (χ2n) is 8.89. The van der Waals surface area contributed by atoms with Crippen molar-refractivity contribution in [3.63, 3.8) is 0 Å². The smallest absolute Gasteiger partial charge is 0.231 e. The van der Waals surface area contributed by atoms with Crippen molar-refractivity contribution in [3.05, 3.63) is 53.1 Å². The van der Waals surface area contributed by atoms with E-state index in [4.69, 9.17) is 17.0 Å². The molecule has 0 heterocycles. The van der Waals surface area contributed by atoms with Crippen LogP contribution in [0, 0.1) is 26.2 Å². The maximum absolute atomic E-state index is 12.8. The molecule has 2 aromatic rings. The highest BCUT2D eigenvalue weighted by Crippen LogP contribution is 2.26. The van der Waals surface area contributed by atoms with Gasteiger partial charge in [0.05, 0.1) is 6.61 Å². The molecule has 0 aliphatic rings. The molecule has 0 saturated carbocycles. The van der Waals surface area contributed by atoms with Crippen LogP contribution >= 0.6 is 12.2 Å². The van der Waals surface area contributed by atoms with Crippen molar-refractivity contribution in [1.82, 2.24) is 5.32 Å². The van der Waals surface area contributed by atoms with E-state index >= 15 is 0 Å². The van der Waals surface area contributed by atoms with Gasteiger partial charge in [0.1, 0.15) is 5.75 Å². The minimum Gasteiger partial charge on any atom is -0.493 e. The fraction of sp³-hybridized carbons (Fsp3) is 0.423. The molecule has 0 aliphatic carbocycles. The van der Waals surface area contributed by atoms with E-state index in [1.165, 1.54) is 0 Å². The lowest BCUT2D eigenvalue weighted by molar-refractivity contribution is -0.128. The summed E-state index contributed by atoms with van der Waals surface area (Å²) in [5, 5.41) is 8.95. The summed E-state index contributed by atoms with van der Waals surface area (Å²) in [6.45, 7) is 12.1. The van der Waals surface area contributed by atoms with Crippen molar-refractivity contribution in [1.29, 1.82) is 0 Å². The minimum absolute atomic E-state index is 0.0607. The van der Waals surface area contributed by atoms with Crippen LogP contribution in [0.4, 0.5) is 11.4 Å². The molecule has 0 saturated heterocycles. The van der Waals surface area contributed by atoms with E-state index in [-0.39, 0.29) is 16.9 Å². The van der Waals surface area contributed by atoms with Crippen LogP contribution in [-0.4, -0.2) is 23.5 Å². The summed E-state index contributed by atoms with van der Waals surface area (Å²) in [5.41, 5.74) is 3.94. The number of ether oxygens (including phenoxy) is 1. The molecule has 2 aromatic carbocycles. The number of nitrogens with one attached hydrogen (secondary N) is 3. The van der Waals surface area contributed by atoms with Crippen molar-refractivity contribution in [2.75, 3.05) is 17.2 Å². The molecular weight excluding hydrogens is 434 g/mol. The largest absolute Gasteiger partial charge is 0.493 e. The van der Waals surface area contributed by atoms with Gasteiger partial charge in [-0.05, 0) is 80.7 Å². The summed E-state index contributed by atoms with van der Waals surface area (Å²) in [5.74, 6) is 0.671. The Kier molecular flexibility index (Phi) is 9.41. The van der Waals surface area contributed by atoms with Crippen LogP contribution in [0.1, 0.15) is 56.7 Å². The number of hydrogen-bond acceptors (Lipinski definition) is 4. The standard InChI is InChI=1S/C26H35N3O3S/c1-7-23(30)27-20-10-8-11-21(19(20)4)28-25(33)29-24(31)26(5,6)14-9-15-32-22-16-17(2)12-13-18(22)3/h8,10-13,16H,7,9,14-15H2,1-6H3,(H,27,30)(H2,28,29,31,33). The van der Waals surface area contributed by atoms with Crippen LogP contribution < -0.4 is 20.7 Å². The number of hydrogen-bond donors (Lipinski definition) is 3. The van der Waals surface area contributed by atoms with E-state index in [9.17, 15) is 9.59 Å². The van der Waals surface area contributed by atoms with E-state index in [0.29, 0.717) is 25.1 Å². The van der Waals surface area contributed by atoms with Crippen LogP contribution in [0.5, 0.6) is 5.75 Å². The molecule has 0 spiro atoms. The molecule has 178 valence electrons. The Balaban J connectivity index is 1.87. The molecule has 2 amide bonds. The second kappa shape index (κ2) is 11.8. The molecule has 0 unspecified atom stereocenters. The van der Waals surface area contributed by atoms with Crippen LogP contribution in [0.25, 0.3) is 0 Å². The van der Waals surface area contributed by atoms with E-state index in [1.807, 2.05) is 65.0 Å². The molecule has 0 radical (unpaired) electrons. The highest BCUT2D eigenvalue weighted by Gasteiger charge is 2.28. The summed E-state index contributed by atoms with van der Waals surface area (Å²) in [7, 11) is 0. The third-order valence-electron chi connectivity index (χ3n) is 5.57. The van der Waals surface area contributed by atoms with Crippen molar-refractivity contribution >= 4 is 40.5 Å². The van der Waals surface area contributed by atoms with Gasteiger partial charge in [0.15, 0.2) is 5.11 Å². The second-order valence-corrected chi connectivity index (χ2v) is 9.30. The van der Waals surface area contributed by atoms with Crippen LogP contribution in [0.3, 0.4) is 0 Å². The quantitative estimate of drug-likeness (QED) is 0.326. The van der Waals surface area contributed by atoms with Crippen LogP contribution in [0.2, 0.25) is 0 Å². The third-order valence-corrected chi connectivity index (χ3v) is 5.77. The first-order valence-electron chi connectivity index (χ1n) is 11.3. The van der Waals surface area contributed by atoms with E-state index < -0.39 is 5.41 Å². The lowest BCUT2D eigenvalue weighted by Crippen LogP contribution is -2.42. The summed E-state index contributed by atoms with van der Waals surface area (Å²) in [6.07, 6.45) is 1.80. The summed E-state index contributed by atoms with van der Waals surface area (Å²) < 4.78 is 5.91. The predicted octanol–water partition coefficient (Wildman–Crippen LogP) is 5.66. The zero-order valence-corrected chi connectivity index (χ0v) is 21.2. The summed E-state index contributed by atoms with van der Waals surface area (Å²) in [6, 6.07) is 11.6. The zero-order valence-electron chi connectivity index (χ0n) is 20.4. The summed E-state index contributed by atoms with van der Waals surface area (Å²) >= 11 is 5.37. The Labute approximate surface area is 202 Å². The third kappa shape index (κ3) is 7.86. The molecule has 0 aliphatic heterocycles. The van der Waals surface area contributed by atoms with Gasteiger partial charge in [-0.3, -0.25) is 9.59 Å². The number of benzene rings is 2. The number of carbonyl (C=O) groups is 2. The van der Waals surface area contributed by atoms with Gasteiger partial charge >= 0.3 is 0 Å². The normalized spacial score (nSPS) is 11.0. The highest BCUT2D eigenvalue weighted by molar-refractivity contribution is 7.80. The predicted molar refractivity (Wildman–Crippen MR) is 139 cm³/mol. The number of aryl methyl sites for hydroxylation is 2. The molecule has 33 heavy (non-hydrogen) atoms. The van der Waals surface area contributed by atoms with Gasteiger partial charge in [-0.2, -0.15) is 0 Å². The number of thiocarbonyl (C=S) groups is 1. The van der Waals surface area contributed by atoms with Gasteiger partial charge in [0, 0.05) is 23.2 Å². The molecule has 6 nitrogen and oxygen atoms in total. The van der Waals surface area contributed by atoms with E-state index in [0.717, 1.165) is 34.5 Å². The van der Waals surface area contributed by atoms with Crippen LogP contribution in [0.15, 0.2) is 36.4 Å². The lowest BCUT2D eigenvalue weighted by atomic mass is 9.87. The maximum atomic E-state index is 12.8. The van der Waals surface area contributed by atoms with Crippen molar-refractivity contribution < 1.29 is 14.3 Å². The Morgan fingerprint density at radius 3 is 2.36 bits per heavy atom. The average Bonchev–Trinajstić information content (AvgIpc) is 2.76. The fourth-order valence-electron chi connectivity index (χ4n) is 3.24. The molecule has 2 rings (SSSR count). The van der Waals surface area contributed by atoms with E-state index in [1.54, 1.807) is 6.92 Å². The van der Waals surface area contributed by atoms with Crippen molar-refractivity contribution in [2.24, 2.45) is 5.41 Å². The van der Waals surface area contributed by atoms with Crippen LogP contribution in [-0.2, 0) is 9.59 Å². The number of rotatable bonds is 9. The Hall–Kier alpha value is -2.93. The highest BCUT2D eigenvalue weighted by atomic mass is 32.1. The minimum atomic E-state index is -0.608. The van der Waals surface area contributed by atoms with Gasteiger partial charge in [0.25, 0.3) is 0 Å². The van der Waals surface area contributed by atoms with Crippen molar-refractivity contribution in [2.45, 2.75) is 60.8 Å². The molecule has 0 bridgehead atoms. The van der Waals surface area contributed by atoms with Crippen molar-refractivity contribution in [3.8, 4) is 5.75 Å². The molecular formula is C26H35N3O3S. The van der Waals surface area contributed by atoms with Gasteiger partial charge < -0.3 is 20.7 Å². The number of amides is 2. The Bertz CT molecular complexity index is 1020. The molecule has 0 fully saturated rings. The van der Waals surface area contributed by atoms with Gasteiger partial charge in [-0.1, -0.05) is 39.0 Å². The molecule has 0 atom stereocenters. The maximum Gasteiger partial charge on any atom is 0.231 e. The zero-order chi connectivity index (χ0) is 24.6. The number of carbonyl (C=O) groups excluding carboxylic acids is 2. The first-order chi connectivity index (χ1) is 15.5. The molecule has 0 aromatic heterocycles. The first kappa shape index (κ1) is 26.3. The van der Waals surface area contributed by atoms with Gasteiger partial charge in [0.2, 0.25) is 11.8 Å². The fourth-order valence-corrected chi connectivity index (χ4v) is 3.45. The monoisotopic (exact) mass is 469 g/mol. The Morgan fingerprint density at radius 1 is 1.03 bits per heavy atom. The van der Waals surface area contributed by atoms with Gasteiger partial charge in [-0.25, -0.2) is 0 Å². The molecule has 7 heteroatoms. The average molecular weight is 470 g/mol. The summed E-state index contributed by atoms with van der Waals surface area (Å²) in [4.78, 5) is 24.5. The first-order valence-corrected chi connectivity index (χ1v) is 11.7. The van der Waals surface area contributed by atoms with Gasteiger partial charge in [-0.15, -0.1) is 0 Å². The number of anilines is 2. The Morgan fingerprint density at radius 2 is 1.70 bits per heavy atom. The molecule has 3 N–H and O–H groups in total. The SMILES string of the molecule is CCC(=O)Nc1cccc(NC(=S)NC(=O)C(C)(C)CCCOc2cc(C)ccc2C)c1C.